The van der Waals surface area contributed by atoms with Gasteiger partial charge in [-0.3, -0.25) is 4.68 Å². The molecule has 0 aliphatic carbocycles. The molecule has 4 heteroatoms. The summed E-state index contributed by atoms with van der Waals surface area (Å²) in [6.45, 7) is 0. The molecule has 0 bridgehead atoms. The van der Waals surface area contributed by atoms with Gasteiger partial charge in [-0.2, -0.15) is 5.10 Å². The van der Waals surface area contributed by atoms with Gasteiger partial charge in [-0.05, 0) is 65.7 Å². The molecule has 0 fully saturated rings. The van der Waals surface area contributed by atoms with Crippen molar-refractivity contribution in [3.05, 3.63) is 51.4 Å². The molecular formula is C14H18IN3. The van der Waals surface area contributed by atoms with Gasteiger partial charge in [0.15, 0.2) is 0 Å². The Morgan fingerprint density at radius 1 is 1.33 bits per heavy atom. The van der Waals surface area contributed by atoms with Crippen molar-refractivity contribution in [2.75, 3.05) is 7.05 Å². The first kappa shape index (κ1) is 13.5. The second-order valence-corrected chi connectivity index (χ2v) is 5.70. The van der Waals surface area contributed by atoms with Crippen LogP contribution in [0, 0.1) is 3.57 Å². The van der Waals surface area contributed by atoms with Gasteiger partial charge in [0, 0.05) is 22.9 Å². The number of halogens is 1. The van der Waals surface area contributed by atoms with Crippen LogP contribution in [-0.2, 0) is 13.5 Å². The number of rotatable bonds is 5. The van der Waals surface area contributed by atoms with E-state index >= 15 is 0 Å². The third kappa shape index (κ3) is 3.55. The highest BCUT2D eigenvalue weighted by atomic mass is 127. The van der Waals surface area contributed by atoms with E-state index in [0.717, 1.165) is 12.8 Å². The minimum Gasteiger partial charge on any atom is -0.313 e. The molecule has 0 amide bonds. The molecule has 0 spiro atoms. The number of nitrogens with one attached hydrogen (secondary N) is 1. The van der Waals surface area contributed by atoms with E-state index in [1.807, 2.05) is 25.0 Å². The molecule has 2 rings (SSSR count). The highest BCUT2D eigenvalue weighted by molar-refractivity contribution is 14.1. The normalized spacial score (nSPS) is 12.6. The Labute approximate surface area is 122 Å². The number of aryl methyl sites for hydroxylation is 2. The SMILES string of the molecule is CNC(CCc1cnn(C)c1)c1ccc(I)cc1. The van der Waals surface area contributed by atoms with E-state index in [2.05, 4.69) is 63.5 Å². The second-order valence-electron chi connectivity index (χ2n) is 4.45. The van der Waals surface area contributed by atoms with Crippen LogP contribution in [-0.4, -0.2) is 16.8 Å². The summed E-state index contributed by atoms with van der Waals surface area (Å²) >= 11 is 2.33. The van der Waals surface area contributed by atoms with Crippen molar-refractivity contribution in [3.63, 3.8) is 0 Å². The van der Waals surface area contributed by atoms with Gasteiger partial charge < -0.3 is 5.32 Å². The van der Waals surface area contributed by atoms with Crippen LogP contribution >= 0.6 is 22.6 Å². The maximum absolute atomic E-state index is 4.20. The monoisotopic (exact) mass is 355 g/mol. The summed E-state index contributed by atoms with van der Waals surface area (Å²) in [6.07, 6.45) is 6.16. The van der Waals surface area contributed by atoms with Crippen LogP contribution in [0.15, 0.2) is 36.7 Å². The fraction of sp³-hybridized carbons (Fsp3) is 0.357. The minimum absolute atomic E-state index is 0.405. The topological polar surface area (TPSA) is 29.9 Å². The Hall–Kier alpha value is -0.880. The summed E-state index contributed by atoms with van der Waals surface area (Å²) in [5.74, 6) is 0. The second kappa shape index (κ2) is 6.33. The molecule has 0 aliphatic rings. The Bertz CT molecular complexity index is 490. The molecule has 18 heavy (non-hydrogen) atoms. The molecule has 3 nitrogen and oxygen atoms in total. The molecule has 1 aromatic carbocycles. The summed E-state index contributed by atoms with van der Waals surface area (Å²) in [4.78, 5) is 0. The molecule has 1 unspecified atom stereocenters. The van der Waals surface area contributed by atoms with Gasteiger partial charge in [0.25, 0.3) is 0 Å². The maximum atomic E-state index is 4.20. The van der Waals surface area contributed by atoms with Crippen LogP contribution in [0.2, 0.25) is 0 Å². The van der Waals surface area contributed by atoms with Crippen LogP contribution in [0.1, 0.15) is 23.6 Å². The summed E-state index contributed by atoms with van der Waals surface area (Å²) in [5.41, 5.74) is 2.64. The summed E-state index contributed by atoms with van der Waals surface area (Å²) in [5, 5.41) is 7.59. The molecule has 1 N–H and O–H groups in total. The average Bonchev–Trinajstić information content (AvgIpc) is 2.78. The number of hydrogen-bond acceptors (Lipinski definition) is 2. The summed E-state index contributed by atoms with van der Waals surface area (Å²) in [6, 6.07) is 9.12. The zero-order valence-electron chi connectivity index (χ0n) is 10.7. The third-order valence-electron chi connectivity index (χ3n) is 3.10. The zero-order chi connectivity index (χ0) is 13.0. The standard InChI is InChI=1S/C14H18IN3/c1-16-14(12-4-6-13(15)7-5-12)8-3-11-9-17-18(2)10-11/h4-7,9-10,14,16H,3,8H2,1-2H3. The van der Waals surface area contributed by atoms with Gasteiger partial charge in [0.1, 0.15) is 0 Å². The van der Waals surface area contributed by atoms with Gasteiger partial charge >= 0.3 is 0 Å². The van der Waals surface area contributed by atoms with E-state index in [-0.39, 0.29) is 0 Å². The molecule has 2 aromatic rings. The number of aromatic nitrogens is 2. The Morgan fingerprint density at radius 3 is 2.61 bits per heavy atom. The van der Waals surface area contributed by atoms with Crippen molar-refractivity contribution in [2.45, 2.75) is 18.9 Å². The first-order chi connectivity index (χ1) is 8.69. The fourth-order valence-electron chi connectivity index (χ4n) is 2.08. The molecule has 0 aliphatic heterocycles. The van der Waals surface area contributed by atoms with E-state index in [9.17, 15) is 0 Å². The summed E-state index contributed by atoms with van der Waals surface area (Å²) in [7, 11) is 3.98. The Morgan fingerprint density at radius 2 is 2.06 bits per heavy atom. The van der Waals surface area contributed by atoms with Gasteiger partial charge in [-0.25, -0.2) is 0 Å². The van der Waals surface area contributed by atoms with Gasteiger partial charge in [-0.15, -0.1) is 0 Å². The van der Waals surface area contributed by atoms with E-state index in [1.165, 1.54) is 14.7 Å². The van der Waals surface area contributed by atoms with Crippen molar-refractivity contribution >= 4 is 22.6 Å². The largest absolute Gasteiger partial charge is 0.313 e. The lowest BCUT2D eigenvalue weighted by atomic mass is 10.0. The van der Waals surface area contributed by atoms with E-state index < -0.39 is 0 Å². The average molecular weight is 355 g/mol. The predicted molar refractivity (Wildman–Crippen MR) is 82.5 cm³/mol. The van der Waals surface area contributed by atoms with Crippen LogP contribution in [0.25, 0.3) is 0 Å². The lowest BCUT2D eigenvalue weighted by Crippen LogP contribution is -2.17. The smallest absolute Gasteiger partial charge is 0.0521 e. The molecule has 0 saturated carbocycles. The zero-order valence-corrected chi connectivity index (χ0v) is 12.9. The lowest BCUT2D eigenvalue weighted by Gasteiger charge is -2.16. The number of benzene rings is 1. The molecule has 96 valence electrons. The molecule has 0 radical (unpaired) electrons. The van der Waals surface area contributed by atoms with E-state index in [0.29, 0.717) is 6.04 Å². The fourth-order valence-corrected chi connectivity index (χ4v) is 2.44. The van der Waals surface area contributed by atoms with Crippen LogP contribution in [0.3, 0.4) is 0 Å². The molecule has 1 atom stereocenters. The van der Waals surface area contributed by atoms with E-state index in [1.54, 1.807) is 0 Å². The van der Waals surface area contributed by atoms with Crippen LogP contribution < -0.4 is 5.32 Å². The first-order valence-corrected chi connectivity index (χ1v) is 7.17. The Kier molecular flexibility index (Phi) is 4.77. The third-order valence-corrected chi connectivity index (χ3v) is 3.82. The van der Waals surface area contributed by atoms with Crippen molar-refractivity contribution in [2.24, 2.45) is 7.05 Å². The van der Waals surface area contributed by atoms with Crippen molar-refractivity contribution < 1.29 is 0 Å². The summed E-state index contributed by atoms with van der Waals surface area (Å²) < 4.78 is 3.13. The molecule has 0 saturated heterocycles. The molecular weight excluding hydrogens is 337 g/mol. The van der Waals surface area contributed by atoms with Gasteiger partial charge in [0.2, 0.25) is 0 Å². The highest BCUT2D eigenvalue weighted by Crippen LogP contribution is 2.19. The van der Waals surface area contributed by atoms with Crippen LogP contribution in [0.4, 0.5) is 0 Å². The molecule has 1 aromatic heterocycles. The number of nitrogens with zero attached hydrogens (tertiary/aromatic N) is 2. The first-order valence-electron chi connectivity index (χ1n) is 6.09. The Balaban J connectivity index is 1.99. The van der Waals surface area contributed by atoms with Gasteiger partial charge in [0.05, 0.1) is 6.20 Å². The van der Waals surface area contributed by atoms with Crippen LogP contribution in [0.5, 0.6) is 0 Å². The van der Waals surface area contributed by atoms with E-state index in [4.69, 9.17) is 0 Å². The maximum Gasteiger partial charge on any atom is 0.0521 e. The van der Waals surface area contributed by atoms with Crippen molar-refractivity contribution in [3.8, 4) is 0 Å². The van der Waals surface area contributed by atoms with Crippen molar-refractivity contribution in [1.29, 1.82) is 0 Å². The predicted octanol–water partition coefficient (Wildman–Crippen LogP) is 2.92. The van der Waals surface area contributed by atoms with Gasteiger partial charge in [-0.1, -0.05) is 12.1 Å². The van der Waals surface area contributed by atoms with Crippen molar-refractivity contribution in [1.82, 2.24) is 15.1 Å². The number of hydrogen-bond donors (Lipinski definition) is 1. The minimum atomic E-state index is 0.405. The lowest BCUT2D eigenvalue weighted by molar-refractivity contribution is 0.549. The molecule has 1 heterocycles. The quantitative estimate of drug-likeness (QED) is 0.836. The highest BCUT2D eigenvalue weighted by Gasteiger charge is 2.09.